The molecule has 21 heavy (non-hydrogen) atoms. The Morgan fingerprint density at radius 1 is 1.24 bits per heavy atom. The molecule has 7 nitrogen and oxygen atoms in total. The molecule has 1 aliphatic heterocycles. The lowest BCUT2D eigenvalue weighted by Gasteiger charge is -2.40. The maximum atomic E-state index is 12.0. The van der Waals surface area contributed by atoms with E-state index >= 15 is 0 Å². The van der Waals surface area contributed by atoms with Crippen LogP contribution in [0, 0.1) is 0 Å². The second-order valence-electron chi connectivity index (χ2n) is 4.68. The first-order valence-electron chi connectivity index (χ1n) is 6.49. The molecule has 2 rings (SSSR count). The van der Waals surface area contributed by atoms with Crippen molar-refractivity contribution in [3.05, 3.63) is 35.9 Å². The fourth-order valence-corrected chi connectivity index (χ4v) is 2.14. The van der Waals surface area contributed by atoms with Gasteiger partial charge in [0.25, 0.3) is 0 Å². The third kappa shape index (κ3) is 3.39. The van der Waals surface area contributed by atoms with Crippen molar-refractivity contribution in [2.45, 2.75) is 30.7 Å². The van der Waals surface area contributed by atoms with E-state index in [1.54, 1.807) is 30.3 Å². The number of hydrogen-bond donors (Lipinski definition) is 3. The molecule has 116 valence electrons. The quantitative estimate of drug-likeness (QED) is 0.631. The van der Waals surface area contributed by atoms with Gasteiger partial charge >= 0.3 is 5.97 Å². The largest absolute Gasteiger partial charge is 0.450 e. The maximum absolute atomic E-state index is 12.0. The van der Waals surface area contributed by atoms with Crippen molar-refractivity contribution in [2.24, 2.45) is 0 Å². The van der Waals surface area contributed by atoms with E-state index in [1.165, 1.54) is 7.11 Å². The number of rotatable bonds is 4. The first-order valence-corrected chi connectivity index (χ1v) is 6.49. The van der Waals surface area contributed by atoms with E-state index in [0.717, 1.165) is 0 Å². The van der Waals surface area contributed by atoms with Crippen LogP contribution in [0.1, 0.15) is 10.4 Å². The van der Waals surface area contributed by atoms with Crippen LogP contribution in [-0.2, 0) is 14.2 Å². The molecule has 1 aromatic rings. The summed E-state index contributed by atoms with van der Waals surface area (Å²) in [6, 6.07) is 8.23. The molecule has 1 fully saturated rings. The highest BCUT2D eigenvalue weighted by molar-refractivity contribution is 5.89. The van der Waals surface area contributed by atoms with Crippen LogP contribution in [0.4, 0.5) is 0 Å². The van der Waals surface area contributed by atoms with Crippen LogP contribution in [0.15, 0.2) is 30.3 Å². The van der Waals surface area contributed by atoms with Gasteiger partial charge in [0.05, 0.1) is 12.2 Å². The predicted molar refractivity (Wildman–Crippen MR) is 70.4 cm³/mol. The van der Waals surface area contributed by atoms with Gasteiger partial charge in [0, 0.05) is 7.11 Å². The monoisotopic (exact) mass is 298 g/mol. The van der Waals surface area contributed by atoms with Crippen LogP contribution >= 0.6 is 0 Å². The van der Waals surface area contributed by atoms with Gasteiger partial charge in [-0.1, -0.05) is 18.2 Å². The number of aliphatic hydroxyl groups excluding tert-OH is 3. The van der Waals surface area contributed by atoms with Crippen molar-refractivity contribution in [3.63, 3.8) is 0 Å². The highest BCUT2D eigenvalue weighted by Crippen LogP contribution is 2.24. The molecule has 7 heteroatoms. The molecular weight excluding hydrogens is 280 g/mol. The zero-order chi connectivity index (χ0) is 15.4. The average Bonchev–Trinajstić information content (AvgIpc) is 2.53. The van der Waals surface area contributed by atoms with E-state index in [9.17, 15) is 15.0 Å². The SMILES string of the molecule is COC1O[C@H](CO)[C@@H](O)[C@H](O)[C@H]1OC(=O)c1ccccc1. The molecule has 1 heterocycles. The summed E-state index contributed by atoms with van der Waals surface area (Å²) in [4.78, 5) is 12.0. The van der Waals surface area contributed by atoms with Gasteiger partial charge in [-0.15, -0.1) is 0 Å². The molecule has 1 aromatic carbocycles. The van der Waals surface area contributed by atoms with Crippen molar-refractivity contribution in [2.75, 3.05) is 13.7 Å². The molecule has 0 bridgehead atoms. The maximum Gasteiger partial charge on any atom is 0.338 e. The van der Waals surface area contributed by atoms with Crippen LogP contribution < -0.4 is 0 Å². The third-order valence-electron chi connectivity index (χ3n) is 3.31. The molecule has 0 radical (unpaired) electrons. The lowest BCUT2D eigenvalue weighted by atomic mass is 9.99. The van der Waals surface area contributed by atoms with Gasteiger partial charge in [0.15, 0.2) is 12.4 Å². The van der Waals surface area contributed by atoms with Gasteiger partial charge in [-0.05, 0) is 12.1 Å². The number of ether oxygens (including phenoxy) is 3. The summed E-state index contributed by atoms with van der Waals surface area (Å²) in [5.74, 6) is -0.667. The fraction of sp³-hybridized carbons (Fsp3) is 0.500. The summed E-state index contributed by atoms with van der Waals surface area (Å²) < 4.78 is 15.4. The molecule has 1 unspecified atom stereocenters. The first kappa shape index (κ1) is 15.9. The lowest BCUT2D eigenvalue weighted by Crippen LogP contribution is -2.60. The minimum Gasteiger partial charge on any atom is -0.450 e. The minimum absolute atomic E-state index is 0.304. The minimum atomic E-state index is -1.42. The van der Waals surface area contributed by atoms with Gasteiger partial charge in [-0.25, -0.2) is 4.79 Å². The van der Waals surface area contributed by atoms with Crippen molar-refractivity contribution in [3.8, 4) is 0 Å². The van der Waals surface area contributed by atoms with E-state index in [1.807, 2.05) is 0 Å². The summed E-state index contributed by atoms with van der Waals surface area (Å²) in [5.41, 5.74) is 0.304. The number of esters is 1. The van der Waals surface area contributed by atoms with Crippen molar-refractivity contribution >= 4 is 5.97 Å². The van der Waals surface area contributed by atoms with Crippen LogP contribution in [0.5, 0.6) is 0 Å². The predicted octanol–water partition coefficient (Wildman–Crippen LogP) is -0.703. The third-order valence-corrected chi connectivity index (χ3v) is 3.31. The van der Waals surface area contributed by atoms with Crippen LogP contribution in [0.3, 0.4) is 0 Å². The topological polar surface area (TPSA) is 105 Å². The number of benzene rings is 1. The van der Waals surface area contributed by atoms with Crippen molar-refractivity contribution in [1.29, 1.82) is 0 Å². The first-order chi connectivity index (χ1) is 10.1. The summed E-state index contributed by atoms with van der Waals surface area (Å²) >= 11 is 0. The molecule has 0 aliphatic carbocycles. The second kappa shape index (κ2) is 6.97. The fourth-order valence-electron chi connectivity index (χ4n) is 2.14. The molecule has 5 atom stereocenters. The Bertz CT molecular complexity index is 462. The average molecular weight is 298 g/mol. The van der Waals surface area contributed by atoms with Gasteiger partial charge in [0.2, 0.25) is 0 Å². The molecule has 0 saturated carbocycles. The van der Waals surface area contributed by atoms with Gasteiger partial charge < -0.3 is 29.5 Å². The number of carbonyl (C=O) groups is 1. The summed E-state index contributed by atoms with van der Waals surface area (Å²) in [5, 5.41) is 28.9. The zero-order valence-corrected chi connectivity index (χ0v) is 11.5. The van der Waals surface area contributed by atoms with Crippen LogP contribution in [0.25, 0.3) is 0 Å². The summed E-state index contributed by atoms with van der Waals surface area (Å²) in [6.07, 6.45) is -6.08. The number of hydrogen-bond acceptors (Lipinski definition) is 7. The van der Waals surface area contributed by atoms with Gasteiger partial charge in [-0.2, -0.15) is 0 Å². The summed E-state index contributed by atoms with van der Waals surface area (Å²) in [7, 11) is 1.31. The highest BCUT2D eigenvalue weighted by atomic mass is 16.7. The van der Waals surface area contributed by atoms with Gasteiger partial charge in [-0.3, -0.25) is 0 Å². The molecule has 1 aliphatic rings. The van der Waals surface area contributed by atoms with E-state index in [-0.39, 0.29) is 0 Å². The normalized spacial score (nSPS) is 32.7. The van der Waals surface area contributed by atoms with E-state index in [4.69, 9.17) is 19.3 Å². The van der Waals surface area contributed by atoms with Gasteiger partial charge in [0.1, 0.15) is 18.3 Å². The molecule has 1 saturated heterocycles. The molecular formula is C14H18O7. The Morgan fingerprint density at radius 2 is 1.90 bits per heavy atom. The van der Waals surface area contributed by atoms with Crippen molar-refractivity contribution < 1.29 is 34.3 Å². The number of aliphatic hydroxyl groups is 3. The van der Waals surface area contributed by atoms with E-state index in [2.05, 4.69) is 0 Å². The molecule has 0 aromatic heterocycles. The Balaban J connectivity index is 2.11. The van der Waals surface area contributed by atoms with E-state index < -0.39 is 43.3 Å². The Hall–Kier alpha value is -1.51. The van der Waals surface area contributed by atoms with Crippen LogP contribution in [0.2, 0.25) is 0 Å². The van der Waals surface area contributed by atoms with E-state index in [0.29, 0.717) is 5.56 Å². The smallest absolute Gasteiger partial charge is 0.338 e. The number of carbonyl (C=O) groups excluding carboxylic acids is 1. The Morgan fingerprint density at radius 3 is 2.48 bits per heavy atom. The lowest BCUT2D eigenvalue weighted by molar-refractivity contribution is -0.293. The summed E-state index contributed by atoms with van der Waals surface area (Å²) in [6.45, 7) is -0.489. The molecule has 3 N–H and O–H groups in total. The second-order valence-corrected chi connectivity index (χ2v) is 4.68. The zero-order valence-electron chi connectivity index (χ0n) is 11.5. The molecule has 0 spiro atoms. The number of methoxy groups -OCH3 is 1. The molecule has 0 amide bonds. The highest BCUT2D eigenvalue weighted by Gasteiger charge is 2.46. The van der Waals surface area contributed by atoms with Crippen LogP contribution in [-0.4, -0.2) is 65.7 Å². The standard InChI is InChI=1S/C14H18O7/c1-19-14-12(11(17)10(16)9(7-15)20-14)21-13(18)8-5-3-2-4-6-8/h2-6,9-12,14-17H,7H2,1H3/t9-,10-,11+,12-,14?/m1/s1. The Labute approximate surface area is 121 Å². The van der Waals surface area contributed by atoms with Crippen molar-refractivity contribution in [1.82, 2.24) is 0 Å². The Kier molecular flexibility index (Phi) is 5.27.